The van der Waals surface area contributed by atoms with E-state index in [9.17, 15) is 0 Å². The molecule has 2 heterocycles. The van der Waals surface area contributed by atoms with Gasteiger partial charge in [0.05, 0.1) is 23.5 Å². The Labute approximate surface area is 363 Å². The third-order valence-electron chi connectivity index (χ3n) is 13.4. The van der Waals surface area contributed by atoms with Gasteiger partial charge in [0.2, 0.25) is 0 Å². The first-order valence-electron chi connectivity index (χ1n) is 22.8. The second kappa shape index (κ2) is 17.3. The molecule has 0 spiro atoms. The molecule has 0 N–H and O–H groups in total. The molecule has 3 heteroatoms. The van der Waals surface area contributed by atoms with Crippen LogP contribution in [0.1, 0.15) is 94.2 Å². The van der Waals surface area contributed by atoms with Crippen molar-refractivity contribution in [3.05, 3.63) is 227 Å². The molecule has 2 aliphatic heterocycles. The molecule has 3 nitrogen and oxygen atoms in total. The van der Waals surface area contributed by atoms with Gasteiger partial charge in [-0.1, -0.05) is 152 Å². The predicted octanol–water partition coefficient (Wildman–Crippen LogP) is 15.0. The van der Waals surface area contributed by atoms with Crippen molar-refractivity contribution >= 4 is 23.1 Å². The van der Waals surface area contributed by atoms with Gasteiger partial charge in [-0.2, -0.15) is 0 Å². The molecule has 61 heavy (non-hydrogen) atoms. The Hall–Kier alpha value is -6.32. The van der Waals surface area contributed by atoms with Crippen LogP contribution in [0.2, 0.25) is 0 Å². The van der Waals surface area contributed by atoms with Gasteiger partial charge in [-0.25, -0.2) is 0 Å². The Kier molecular flexibility index (Phi) is 11.0. The van der Waals surface area contributed by atoms with Crippen molar-refractivity contribution in [2.24, 2.45) is 0 Å². The first kappa shape index (κ1) is 38.9. The summed E-state index contributed by atoms with van der Waals surface area (Å²) in [6, 6.07) is 23.9. The van der Waals surface area contributed by atoms with E-state index < -0.39 is 0 Å². The fourth-order valence-electron chi connectivity index (χ4n) is 10.5. The largest absolute Gasteiger partial charge is 0.334 e. The highest BCUT2D eigenvalue weighted by molar-refractivity contribution is 5.84. The summed E-state index contributed by atoms with van der Waals surface area (Å²) in [6.07, 6.45) is 55.4. The maximum absolute atomic E-state index is 2.62. The van der Waals surface area contributed by atoms with E-state index in [1.807, 2.05) is 0 Å². The Bertz CT molecular complexity index is 2620. The minimum Gasteiger partial charge on any atom is -0.334 e. The van der Waals surface area contributed by atoms with Crippen LogP contribution in [0.4, 0.5) is 17.1 Å². The molecule has 0 bridgehead atoms. The Balaban J connectivity index is 0.948. The molecule has 0 amide bonds. The number of nitrogens with zero attached hydrogens (tertiary/aromatic N) is 3. The smallest absolute Gasteiger partial charge is 0.0766 e. The molecule has 0 radical (unpaired) electrons. The van der Waals surface area contributed by atoms with Crippen molar-refractivity contribution in [3.63, 3.8) is 0 Å². The van der Waals surface area contributed by atoms with Crippen molar-refractivity contribution in [3.8, 4) is 11.1 Å². The first-order valence-corrected chi connectivity index (χ1v) is 22.8. The van der Waals surface area contributed by atoms with E-state index in [2.05, 4.69) is 211 Å². The van der Waals surface area contributed by atoms with Gasteiger partial charge in [0.15, 0.2) is 0 Å². The zero-order valence-electron chi connectivity index (χ0n) is 35.8. The quantitative estimate of drug-likeness (QED) is 0.189. The van der Waals surface area contributed by atoms with Gasteiger partial charge >= 0.3 is 0 Å². The van der Waals surface area contributed by atoms with Crippen molar-refractivity contribution < 1.29 is 0 Å². The highest BCUT2D eigenvalue weighted by Crippen LogP contribution is 2.50. The van der Waals surface area contributed by atoms with Gasteiger partial charge in [-0.3, -0.25) is 0 Å². The normalized spacial score (nSPS) is 22.8. The fourth-order valence-corrected chi connectivity index (χ4v) is 10.5. The molecule has 5 aliphatic carbocycles. The lowest BCUT2D eigenvalue weighted by Crippen LogP contribution is -2.54. The van der Waals surface area contributed by atoms with E-state index in [0.717, 1.165) is 57.8 Å². The van der Waals surface area contributed by atoms with Crippen LogP contribution in [0.15, 0.2) is 210 Å². The molecule has 3 unspecified atom stereocenters. The second-order valence-electron chi connectivity index (χ2n) is 17.2. The van der Waals surface area contributed by atoms with Crippen LogP contribution >= 0.6 is 0 Å². The van der Waals surface area contributed by atoms with Crippen LogP contribution in [-0.4, -0.2) is 12.1 Å². The summed E-state index contributed by atoms with van der Waals surface area (Å²) < 4.78 is 0. The van der Waals surface area contributed by atoms with E-state index in [0.29, 0.717) is 0 Å². The topological polar surface area (TPSA) is 9.72 Å². The van der Waals surface area contributed by atoms with E-state index in [-0.39, 0.29) is 18.0 Å². The summed E-state index contributed by atoms with van der Waals surface area (Å²) in [6.45, 7) is 4.33. The maximum Gasteiger partial charge on any atom is 0.0766 e. The third-order valence-corrected chi connectivity index (χ3v) is 13.4. The molecule has 0 saturated carbocycles. The molecule has 10 rings (SSSR count). The van der Waals surface area contributed by atoms with Gasteiger partial charge in [-0.05, 0) is 140 Å². The zero-order valence-corrected chi connectivity index (χ0v) is 35.8. The lowest BCUT2D eigenvalue weighted by atomic mass is 9.88. The Morgan fingerprint density at radius 3 is 2.23 bits per heavy atom. The molecule has 0 saturated heterocycles. The van der Waals surface area contributed by atoms with Crippen molar-refractivity contribution in [1.29, 1.82) is 0 Å². The van der Waals surface area contributed by atoms with E-state index in [4.69, 9.17) is 0 Å². The Morgan fingerprint density at radius 2 is 1.49 bits per heavy atom. The average molecular weight is 796 g/mol. The van der Waals surface area contributed by atoms with Crippen LogP contribution in [0.3, 0.4) is 0 Å². The third kappa shape index (κ3) is 7.56. The zero-order chi connectivity index (χ0) is 41.1. The van der Waals surface area contributed by atoms with Gasteiger partial charge < -0.3 is 14.7 Å². The van der Waals surface area contributed by atoms with Crippen LogP contribution in [0, 0.1) is 0 Å². The highest BCUT2D eigenvalue weighted by atomic mass is 15.3. The van der Waals surface area contributed by atoms with E-state index in [1.165, 1.54) is 78.7 Å². The first-order chi connectivity index (χ1) is 30.2. The molecule has 3 aromatic carbocycles. The SMILES string of the molecule is C\C=C/C=C\C(=C\CC)CC1c2cc(/C=C/C3=CC=C(N4c5ccccc5N(C5=CC=CCC5)C5C=CC=CC54)CC3)ccc2-c2ccc(N3C=CCC4=C3CCC=C4)cc21. The van der Waals surface area contributed by atoms with Crippen LogP contribution in [0.5, 0.6) is 0 Å². The van der Waals surface area contributed by atoms with Gasteiger partial charge in [0, 0.05) is 34.9 Å². The summed E-state index contributed by atoms with van der Waals surface area (Å²) >= 11 is 0. The number of benzene rings is 3. The molecule has 7 aliphatic rings. The minimum absolute atomic E-state index is 0.240. The number of hydrogen-bond donors (Lipinski definition) is 0. The summed E-state index contributed by atoms with van der Waals surface area (Å²) in [7, 11) is 0. The molecule has 0 fully saturated rings. The fraction of sp³-hybridized carbons (Fsp3) is 0.241. The van der Waals surface area contributed by atoms with Gasteiger partial charge in [0.1, 0.15) is 0 Å². The molecule has 3 aromatic rings. The number of anilines is 3. The second-order valence-corrected chi connectivity index (χ2v) is 17.2. The lowest BCUT2D eigenvalue weighted by molar-refractivity contribution is 0.585. The molecular formula is C58H57N3. The van der Waals surface area contributed by atoms with E-state index in [1.54, 1.807) is 0 Å². The molecule has 304 valence electrons. The summed E-state index contributed by atoms with van der Waals surface area (Å²) in [4.78, 5) is 7.67. The minimum atomic E-state index is 0.240. The van der Waals surface area contributed by atoms with Gasteiger partial charge in [-0.15, -0.1) is 0 Å². The number of hydrogen-bond acceptors (Lipinski definition) is 3. The summed E-state index contributed by atoms with van der Waals surface area (Å²) in [5, 5.41) is 0. The monoisotopic (exact) mass is 795 g/mol. The highest BCUT2D eigenvalue weighted by Gasteiger charge is 2.40. The lowest BCUT2D eigenvalue weighted by Gasteiger charge is -2.51. The maximum atomic E-state index is 2.62. The number of fused-ring (bicyclic) bond motifs is 5. The molecule has 0 aromatic heterocycles. The van der Waals surface area contributed by atoms with Crippen LogP contribution < -0.4 is 14.7 Å². The van der Waals surface area contributed by atoms with Crippen molar-refractivity contribution in [2.45, 2.75) is 89.6 Å². The van der Waals surface area contributed by atoms with Crippen molar-refractivity contribution in [1.82, 2.24) is 0 Å². The average Bonchev–Trinajstić information content (AvgIpc) is 3.61. The van der Waals surface area contributed by atoms with E-state index >= 15 is 0 Å². The molecule has 3 atom stereocenters. The van der Waals surface area contributed by atoms with Crippen LogP contribution in [0.25, 0.3) is 17.2 Å². The van der Waals surface area contributed by atoms with Crippen LogP contribution in [-0.2, 0) is 0 Å². The van der Waals surface area contributed by atoms with Crippen molar-refractivity contribution in [2.75, 3.05) is 14.7 Å². The summed E-state index contributed by atoms with van der Waals surface area (Å²) in [5.74, 6) is 0.279. The van der Waals surface area contributed by atoms with Gasteiger partial charge in [0.25, 0.3) is 0 Å². The standard InChI is InChI=1S/C58H57N3/c1-3-5-7-18-43(17-4-2)39-52-51-40-44(32-36-49(51)50-37-35-48(41-53(50)52)59-38-16-20-45-19-10-11-23-54(45)59)29-28-42-30-33-47(34-31-42)61-57-26-14-12-24-55(57)60(46-21-8-6-9-22-46)56-25-13-15-27-58(56)61/h3,5-8,10,12-19,21,24-30,32-33,35-38,40-41,52,55,57H,4,9,11,20,22-23,31,34,39H2,1-2H3/b5-3-,18-7-,29-28+,43-17-. The number of rotatable bonds is 10. The number of allylic oxidation sites excluding steroid dienone is 22. The Morgan fingerprint density at radius 1 is 0.721 bits per heavy atom. The summed E-state index contributed by atoms with van der Waals surface area (Å²) in [5.41, 5.74) is 19.2. The number of para-hydroxylation sites is 2. The molecular weight excluding hydrogens is 739 g/mol. The predicted molar refractivity (Wildman–Crippen MR) is 260 cm³/mol.